The molecule has 0 aliphatic rings. The van der Waals surface area contributed by atoms with Crippen LogP contribution >= 0.6 is 11.6 Å². The average molecular weight is 239 g/mol. The minimum atomic E-state index is -2.80. The van der Waals surface area contributed by atoms with Crippen LogP contribution in [0.2, 0.25) is 0 Å². The molecule has 3 N–H and O–H groups in total. The van der Waals surface area contributed by atoms with E-state index in [4.69, 9.17) is 26.9 Å². The van der Waals surface area contributed by atoms with E-state index in [1.165, 1.54) is 0 Å². The highest BCUT2D eigenvalue weighted by Crippen LogP contribution is 2.30. The van der Waals surface area contributed by atoms with E-state index in [2.05, 4.69) is 0 Å². The Morgan fingerprint density at radius 3 is 1.80 bits per heavy atom. The van der Waals surface area contributed by atoms with Gasteiger partial charge in [-0.15, -0.1) is 0 Å². The molecule has 0 aliphatic heterocycles. The largest absolute Gasteiger partial charge is 0.481 e. The highest BCUT2D eigenvalue weighted by molar-refractivity contribution is 6.45. The van der Waals surface area contributed by atoms with Gasteiger partial charge in [-0.1, -0.05) is 24.9 Å². The van der Waals surface area contributed by atoms with Crippen LogP contribution in [0.5, 0.6) is 0 Å². The van der Waals surface area contributed by atoms with Gasteiger partial charge >= 0.3 is 17.9 Å². The predicted octanol–water partition coefficient (Wildman–Crippen LogP) is 0.634. The molecule has 15 heavy (non-hydrogen) atoms. The Morgan fingerprint density at radius 1 is 1.20 bits per heavy atom. The Bertz CT molecular complexity index is 273. The second kappa shape index (κ2) is 4.97. The summed E-state index contributed by atoms with van der Waals surface area (Å²) in [5, 5.41) is 26.1. The molecule has 0 bridgehead atoms. The van der Waals surface area contributed by atoms with Gasteiger partial charge in [0.25, 0.3) is 4.87 Å². The van der Waals surface area contributed by atoms with Crippen LogP contribution in [0.4, 0.5) is 0 Å². The van der Waals surface area contributed by atoms with Crippen LogP contribution in [0.3, 0.4) is 0 Å². The molecule has 0 fully saturated rings. The third-order valence-electron chi connectivity index (χ3n) is 1.98. The van der Waals surface area contributed by atoms with Crippen molar-refractivity contribution < 1.29 is 29.7 Å². The Kier molecular flexibility index (Phi) is 4.54. The Labute approximate surface area is 90.5 Å². The first-order valence-electron chi connectivity index (χ1n) is 4.16. The maximum absolute atomic E-state index is 10.7. The first-order valence-corrected chi connectivity index (χ1v) is 4.54. The van der Waals surface area contributed by atoms with E-state index < -0.39 is 28.7 Å². The van der Waals surface area contributed by atoms with Gasteiger partial charge < -0.3 is 15.3 Å². The van der Waals surface area contributed by atoms with Crippen LogP contribution < -0.4 is 0 Å². The SMILES string of the molecule is CCCC(C(=O)O)C(Cl)(C(=O)O)C(=O)O. The molecular weight excluding hydrogens is 228 g/mol. The van der Waals surface area contributed by atoms with Crippen LogP contribution in [0.25, 0.3) is 0 Å². The van der Waals surface area contributed by atoms with Gasteiger partial charge in [0, 0.05) is 0 Å². The zero-order chi connectivity index (χ0) is 12.2. The average Bonchev–Trinajstić information content (AvgIpc) is 2.11. The fraction of sp³-hybridized carbons (Fsp3) is 0.625. The zero-order valence-electron chi connectivity index (χ0n) is 7.94. The molecule has 0 amide bonds. The van der Waals surface area contributed by atoms with Crippen molar-refractivity contribution in [1.82, 2.24) is 0 Å². The summed E-state index contributed by atoms with van der Waals surface area (Å²) < 4.78 is 0. The molecule has 0 heterocycles. The summed E-state index contributed by atoms with van der Waals surface area (Å²) in [4.78, 5) is 29.3. The minimum Gasteiger partial charge on any atom is -0.481 e. The number of hydrogen-bond donors (Lipinski definition) is 3. The number of rotatable bonds is 6. The standard InChI is InChI=1S/C8H11ClO6/c1-2-3-4(5(10)11)8(9,6(12)13)7(14)15/h4H,2-3H2,1H3,(H,10,11)(H,12,13)(H,14,15). The molecule has 0 spiro atoms. The monoisotopic (exact) mass is 238 g/mol. The van der Waals surface area contributed by atoms with E-state index in [1.54, 1.807) is 6.92 Å². The summed E-state index contributed by atoms with van der Waals surface area (Å²) in [6, 6.07) is 0. The minimum absolute atomic E-state index is 0.114. The number of carbonyl (C=O) groups is 3. The molecule has 0 aliphatic carbocycles. The van der Waals surface area contributed by atoms with Gasteiger partial charge in [0.2, 0.25) is 0 Å². The van der Waals surface area contributed by atoms with Gasteiger partial charge in [0.15, 0.2) is 0 Å². The second-order valence-electron chi connectivity index (χ2n) is 3.00. The van der Waals surface area contributed by atoms with E-state index in [9.17, 15) is 14.4 Å². The maximum atomic E-state index is 10.7. The van der Waals surface area contributed by atoms with E-state index >= 15 is 0 Å². The van der Waals surface area contributed by atoms with Crippen molar-refractivity contribution in [3.05, 3.63) is 0 Å². The number of hydrogen-bond acceptors (Lipinski definition) is 3. The fourth-order valence-electron chi connectivity index (χ4n) is 1.17. The van der Waals surface area contributed by atoms with Crippen molar-refractivity contribution in [3.63, 3.8) is 0 Å². The first-order chi connectivity index (χ1) is 6.78. The lowest BCUT2D eigenvalue weighted by atomic mass is 9.87. The van der Waals surface area contributed by atoms with Gasteiger partial charge in [0.05, 0.1) is 5.92 Å². The third kappa shape index (κ3) is 2.59. The number of halogens is 1. The Balaban J connectivity index is 5.28. The molecule has 0 aromatic rings. The van der Waals surface area contributed by atoms with Crippen molar-refractivity contribution in [2.24, 2.45) is 5.92 Å². The van der Waals surface area contributed by atoms with E-state index in [-0.39, 0.29) is 6.42 Å². The lowest BCUT2D eigenvalue weighted by molar-refractivity contribution is -0.161. The van der Waals surface area contributed by atoms with Crippen molar-refractivity contribution in [2.75, 3.05) is 0 Å². The summed E-state index contributed by atoms with van der Waals surface area (Å²) >= 11 is 5.37. The molecule has 0 saturated carbocycles. The van der Waals surface area contributed by atoms with Crippen molar-refractivity contribution in [2.45, 2.75) is 24.6 Å². The Hall–Kier alpha value is -1.30. The second-order valence-corrected chi connectivity index (χ2v) is 3.60. The van der Waals surface area contributed by atoms with Crippen LogP contribution in [-0.2, 0) is 14.4 Å². The van der Waals surface area contributed by atoms with Gasteiger partial charge in [-0.25, -0.2) is 9.59 Å². The van der Waals surface area contributed by atoms with E-state index in [0.717, 1.165) is 0 Å². The molecule has 0 rings (SSSR count). The smallest absolute Gasteiger partial charge is 0.337 e. The molecule has 0 saturated heterocycles. The lowest BCUT2D eigenvalue weighted by Gasteiger charge is -2.24. The highest BCUT2D eigenvalue weighted by atomic mass is 35.5. The summed E-state index contributed by atoms with van der Waals surface area (Å²) in [5.74, 6) is -6.91. The maximum Gasteiger partial charge on any atom is 0.337 e. The van der Waals surface area contributed by atoms with E-state index in [1.807, 2.05) is 0 Å². The lowest BCUT2D eigenvalue weighted by Crippen LogP contribution is -2.50. The van der Waals surface area contributed by atoms with Crippen LogP contribution in [0.15, 0.2) is 0 Å². The molecule has 1 atom stereocenters. The predicted molar refractivity (Wildman–Crippen MR) is 49.9 cm³/mol. The molecule has 7 heteroatoms. The number of aliphatic carboxylic acids is 3. The van der Waals surface area contributed by atoms with Gasteiger partial charge in [-0.2, -0.15) is 0 Å². The molecule has 0 radical (unpaired) electrons. The first kappa shape index (κ1) is 13.7. The van der Waals surface area contributed by atoms with Crippen LogP contribution in [0, 0.1) is 5.92 Å². The molecule has 6 nitrogen and oxygen atoms in total. The molecule has 0 aromatic heterocycles. The topological polar surface area (TPSA) is 112 Å². The van der Waals surface area contributed by atoms with Gasteiger partial charge in [-0.3, -0.25) is 4.79 Å². The van der Waals surface area contributed by atoms with Gasteiger partial charge in [-0.05, 0) is 6.42 Å². The van der Waals surface area contributed by atoms with Crippen molar-refractivity contribution >= 4 is 29.5 Å². The molecular formula is C8H11ClO6. The highest BCUT2D eigenvalue weighted by Gasteiger charge is 2.54. The van der Waals surface area contributed by atoms with E-state index in [0.29, 0.717) is 6.42 Å². The zero-order valence-corrected chi connectivity index (χ0v) is 8.69. The molecule has 1 unspecified atom stereocenters. The summed E-state index contributed by atoms with van der Waals surface area (Å²) in [5.41, 5.74) is 0. The fourth-order valence-corrected chi connectivity index (χ4v) is 1.37. The van der Waals surface area contributed by atoms with Crippen LogP contribution in [0.1, 0.15) is 19.8 Å². The normalized spacial score (nSPS) is 13.2. The quantitative estimate of drug-likeness (QED) is 0.462. The number of alkyl halides is 1. The van der Waals surface area contributed by atoms with Gasteiger partial charge in [0.1, 0.15) is 0 Å². The molecule has 0 aromatic carbocycles. The third-order valence-corrected chi connectivity index (χ3v) is 2.56. The van der Waals surface area contributed by atoms with Crippen molar-refractivity contribution in [3.8, 4) is 0 Å². The summed E-state index contributed by atoms with van der Waals surface area (Å²) in [6.45, 7) is 1.61. The molecule has 86 valence electrons. The Morgan fingerprint density at radius 2 is 1.60 bits per heavy atom. The summed E-state index contributed by atoms with van der Waals surface area (Å²) in [7, 11) is 0. The number of carboxylic acid groups (broad SMARTS) is 3. The van der Waals surface area contributed by atoms with Crippen LogP contribution in [-0.4, -0.2) is 38.1 Å². The number of carboxylic acids is 3. The van der Waals surface area contributed by atoms with Crippen molar-refractivity contribution in [1.29, 1.82) is 0 Å². The summed E-state index contributed by atoms with van der Waals surface area (Å²) in [6.07, 6.45) is 0.212.